The summed E-state index contributed by atoms with van der Waals surface area (Å²) in [6.07, 6.45) is 8.60. The Hall–Kier alpha value is -2.25. The van der Waals surface area contributed by atoms with Gasteiger partial charge in [-0.3, -0.25) is 9.69 Å². The van der Waals surface area contributed by atoms with Gasteiger partial charge in [0.2, 0.25) is 5.91 Å². The molecule has 172 valence electrons. The van der Waals surface area contributed by atoms with Crippen LogP contribution in [-0.2, 0) is 24.4 Å². The molecule has 1 saturated carbocycles. The third-order valence-electron chi connectivity index (χ3n) is 7.53. The molecule has 32 heavy (non-hydrogen) atoms. The summed E-state index contributed by atoms with van der Waals surface area (Å²) < 4.78 is 2.19. The second kappa shape index (κ2) is 9.71. The lowest BCUT2D eigenvalue weighted by Gasteiger charge is -2.30. The van der Waals surface area contributed by atoms with E-state index in [2.05, 4.69) is 43.9 Å². The predicted molar refractivity (Wildman–Crippen MR) is 121 cm³/mol. The highest BCUT2D eigenvalue weighted by atomic mass is 16.3. The van der Waals surface area contributed by atoms with Gasteiger partial charge in [0.25, 0.3) is 0 Å². The summed E-state index contributed by atoms with van der Waals surface area (Å²) in [5.74, 6) is 2.80. The number of carbonyl (C=O) groups excluding carboxylic acids is 1. The smallest absolute Gasteiger partial charge is 0.223 e. The van der Waals surface area contributed by atoms with Gasteiger partial charge >= 0.3 is 0 Å². The van der Waals surface area contributed by atoms with E-state index in [0.717, 1.165) is 43.6 Å². The van der Waals surface area contributed by atoms with Crippen LogP contribution in [0.5, 0.6) is 0 Å². The molecule has 2 atom stereocenters. The van der Waals surface area contributed by atoms with Crippen LogP contribution in [0.2, 0.25) is 0 Å². The standard InChI is InChI=1S/C25H35N5O2/c31-21-15-22(29(17-21)16-20-9-5-2-6-10-20)25-27-26-23-18-28(13-14-30(23)25)24(32)12-11-19-7-3-1-4-8-19/h2,5-6,9-10,19,21-22,31H,1,3-4,7-8,11-18H2/t21-,22-/m0/s1. The van der Waals surface area contributed by atoms with E-state index in [9.17, 15) is 9.90 Å². The molecule has 1 saturated heterocycles. The van der Waals surface area contributed by atoms with Gasteiger partial charge < -0.3 is 14.6 Å². The van der Waals surface area contributed by atoms with Crippen molar-refractivity contribution >= 4 is 5.91 Å². The maximum absolute atomic E-state index is 12.8. The number of hydrogen-bond acceptors (Lipinski definition) is 5. The molecule has 3 heterocycles. The third kappa shape index (κ3) is 4.74. The van der Waals surface area contributed by atoms with Crippen molar-refractivity contribution in [2.24, 2.45) is 5.92 Å². The van der Waals surface area contributed by atoms with Crippen LogP contribution in [0.15, 0.2) is 30.3 Å². The molecule has 1 aliphatic carbocycles. The molecule has 0 radical (unpaired) electrons. The van der Waals surface area contributed by atoms with Crippen molar-refractivity contribution in [1.82, 2.24) is 24.6 Å². The molecule has 5 rings (SSSR count). The lowest BCUT2D eigenvalue weighted by molar-refractivity contribution is -0.133. The van der Waals surface area contributed by atoms with Crippen molar-refractivity contribution in [2.75, 3.05) is 13.1 Å². The Kier molecular flexibility index (Phi) is 6.55. The van der Waals surface area contributed by atoms with E-state index in [1.807, 2.05) is 11.0 Å². The summed E-state index contributed by atoms with van der Waals surface area (Å²) in [7, 11) is 0. The Morgan fingerprint density at radius 2 is 1.88 bits per heavy atom. The van der Waals surface area contributed by atoms with E-state index < -0.39 is 0 Å². The van der Waals surface area contributed by atoms with Gasteiger partial charge in [-0.15, -0.1) is 10.2 Å². The number of amides is 1. The van der Waals surface area contributed by atoms with Crippen molar-refractivity contribution in [2.45, 2.75) is 83.1 Å². The molecular formula is C25H35N5O2. The van der Waals surface area contributed by atoms with Crippen molar-refractivity contribution in [1.29, 1.82) is 0 Å². The molecule has 1 aromatic heterocycles. The average Bonchev–Trinajstić information content (AvgIpc) is 3.41. The Balaban J connectivity index is 1.23. The number of β-amino-alcohol motifs (C(OH)–C–C–N with tert-alkyl or cyclic N) is 1. The Bertz CT molecular complexity index is 908. The van der Waals surface area contributed by atoms with Gasteiger partial charge in [0.05, 0.1) is 18.7 Å². The van der Waals surface area contributed by atoms with Gasteiger partial charge in [0.15, 0.2) is 11.6 Å². The third-order valence-corrected chi connectivity index (χ3v) is 7.53. The van der Waals surface area contributed by atoms with Crippen molar-refractivity contribution in [3.05, 3.63) is 47.5 Å². The zero-order chi connectivity index (χ0) is 21.9. The van der Waals surface area contributed by atoms with Crippen LogP contribution < -0.4 is 0 Å². The zero-order valence-electron chi connectivity index (χ0n) is 18.9. The topological polar surface area (TPSA) is 74.5 Å². The molecule has 3 aliphatic rings. The largest absolute Gasteiger partial charge is 0.392 e. The Labute approximate surface area is 190 Å². The molecule has 2 aromatic rings. The van der Waals surface area contributed by atoms with Gasteiger partial charge in [0, 0.05) is 32.6 Å². The van der Waals surface area contributed by atoms with Crippen LogP contribution in [0.1, 0.15) is 74.6 Å². The number of benzene rings is 1. The van der Waals surface area contributed by atoms with Gasteiger partial charge in [-0.25, -0.2) is 0 Å². The number of carbonyl (C=O) groups is 1. The van der Waals surface area contributed by atoms with Crippen molar-refractivity contribution < 1.29 is 9.90 Å². The van der Waals surface area contributed by atoms with E-state index >= 15 is 0 Å². The van der Waals surface area contributed by atoms with Crippen molar-refractivity contribution in [3.63, 3.8) is 0 Å². The number of hydrogen-bond donors (Lipinski definition) is 1. The summed E-state index contributed by atoms with van der Waals surface area (Å²) in [6.45, 7) is 3.43. The maximum Gasteiger partial charge on any atom is 0.223 e. The summed E-state index contributed by atoms with van der Waals surface area (Å²) in [5, 5.41) is 19.4. The molecule has 2 fully saturated rings. The summed E-state index contributed by atoms with van der Waals surface area (Å²) >= 11 is 0. The molecule has 0 spiro atoms. The molecule has 1 aromatic carbocycles. The van der Waals surface area contributed by atoms with Crippen LogP contribution >= 0.6 is 0 Å². The molecular weight excluding hydrogens is 402 g/mol. The first-order chi connectivity index (χ1) is 15.7. The highest BCUT2D eigenvalue weighted by Crippen LogP contribution is 2.34. The van der Waals surface area contributed by atoms with Gasteiger partial charge in [0.1, 0.15) is 0 Å². The van der Waals surface area contributed by atoms with E-state index in [4.69, 9.17) is 0 Å². The first-order valence-corrected chi connectivity index (χ1v) is 12.3. The fourth-order valence-corrected chi connectivity index (χ4v) is 5.74. The van der Waals surface area contributed by atoms with Crippen LogP contribution in [0.3, 0.4) is 0 Å². The van der Waals surface area contributed by atoms with E-state index in [-0.39, 0.29) is 18.1 Å². The number of rotatable bonds is 6. The normalized spacial score (nSPS) is 24.6. The van der Waals surface area contributed by atoms with Crippen LogP contribution in [0.4, 0.5) is 0 Å². The molecule has 0 unspecified atom stereocenters. The summed E-state index contributed by atoms with van der Waals surface area (Å²) in [6, 6.07) is 10.4. The van der Waals surface area contributed by atoms with Crippen LogP contribution in [0, 0.1) is 5.92 Å². The van der Waals surface area contributed by atoms with Crippen LogP contribution in [0.25, 0.3) is 0 Å². The maximum atomic E-state index is 12.8. The van der Waals surface area contributed by atoms with E-state index in [0.29, 0.717) is 25.9 Å². The first kappa shape index (κ1) is 21.6. The van der Waals surface area contributed by atoms with Crippen molar-refractivity contribution in [3.8, 4) is 0 Å². The monoisotopic (exact) mass is 437 g/mol. The lowest BCUT2D eigenvalue weighted by Crippen LogP contribution is -2.39. The number of aliphatic hydroxyl groups excluding tert-OH is 1. The quantitative estimate of drug-likeness (QED) is 0.751. The zero-order valence-corrected chi connectivity index (χ0v) is 18.9. The Morgan fingerprint density at radius 3 is 2.69 bits per heavy atom. The highest BCUT2D eigenvalue weighted by molar-refractivity contribution is 5.76. The minimum atomic E-state index is -0.349. The molecule has 7 heteroatoms. The first-order valence-electron chi connectivity index (χ1n) is 12.3. The lowest BCUT2D eigenvalue weighted by atomic mass is 9.86. The molecule has 1 amide bonds. The van der Waals surface area contributed by atoms with E-state index in [1.54, 1.807) is 0 Å². The summed E-state index contributed by atoms with van der Waals surface area (Å²) in [5.41, 5.74) is 1.24. The number of likely N-dealkylation sites (tertiary alicyclic amines) is 1. The molecule has 0 bridgehead atoms. The Morgan fingerprint density at radius 1 is 1.06 bits per heavy atom. The molecule has 2 aliphatic heterocycles. The summed E-state index contributed by atoms with van der Waals surface area (Å²) in [4.78, 5) is 17.1. The van der Waals surface area contributed by atoms with E-state index in [1.165, 1.54) is 37.7 Å². The predicted octanol–water partition coefficient (Wildman–Crippen LogP) is 3.29. The fraction of sp³-hybridized carbons (Fsp3) is 0.640. The average molecular weight is 438 g/mol. The molecule has 1 N–H and O–H groups in total. The second-order valence-electron chi connectivity index (χ2n) is 9.80. The SMILES string of the molecule is O=C(CCC1CCCCC1)N1CCn2c(nnc2[C@@H]2C[C@H](O)CN2Cc2ccccc2)C1. The fourth-order valence-electron chi connectivity index (χ4n) is 5.74. The minimum absolute atomic E-state index is 0.0556. The second-order valence-corrected chi connectivity index (χ2v) is 9.80. The minimum Gasteiger partial charge on any atom is -0.392 e. The van der Waals surface area contributed by atoms with Gasteiger partial charge in [-0.1, -0.05) is 62.4 Å². The number of aromatic nitrogens is 3. The highest BCUT2D eigenvalue weighted by Gasteiger charge is 2.37. The van der Waals surface area contributed by atoms with Gasteiger partial charge in [-0.2, -0.15) is 0 Å². The van der Waals surface area contributed by atoms with Crippen LogP contribution in [-0.4, -0.2) is 54.8 Å². The number of nitrogens with zero attached hydrogens (tertiary/aromatic N) is 5. The number of aliphatic hydroxyl groups is 1. The number of fused-ring (bicyclic) bond motifs is 1. The molecule has 7 nitrogen and oxygen atoms in total. The van der Waals surface area contributed by atoms with Gasteiger partial charge in [-0.05, 0) is 24.3 Å².